The molecular formula is C9H19N3O. The van der Waals surface area contributed by atoms with E-state index in [1.54, 1.807) is 19.0 Å². The summed E-state index contributed by atoms with van der Waals surface area (Å²) in [6.45, 7) is 0.538. The Morgan fingerprint density at radius 2 is 2.23 bits per heavy atom. The Balaban J connectivity index is 2.25. The standard InChI is InChI=1S/C9H19N3O/c1-12(2)9(13)5-8(6-10)11-7-3-4-7/h7-8,11H,3-6,10H2,1-2H3. The first-order chi connectivity index (χ1) is 6.13. The van der Waals surface area contributed by atoms with E-state index in [9.17, 15) is 4.79 Å². The summed E-state index contributed by atoms with van der Waals surface area (Å²) in [5.41, 5.74) is 5.56. The molecule has 4 heteroatoms. The lowest BCUT2D eigenvalue weighted by molar-refractivity contribution is -0.129. The van der Waals surface area contributed by atoms with Gasteiger partial charge in [-0.05, 0) is 12.8 Å². The summed E-state index contributed by atoms with van der Waals surface area (Å²) >= 11 is 0. The molecule has 0 bridgehead atoms. The number of hydrogen-bond acceptors (Lipinski definition) is 3. The van der Waals surface area contributed by atoms with E-state index in [1.807, 2.05) is 0 Å². The van der Waals surface area contributed by atoms with Gasteiger partial charge in [-0.2, -0.15) is 0 Å². The number of nitrogens with one attached hydrogen (secondary N) is 1. The third kappa shape index (κ3) is 3.74. The molecule has 1 aliphatic carbocycles. The van der Waals surface area contributed by atoms with Crippen molar-refractivity contribution in [2.45, 2.75) is 31.3 Å². The molecule has 0 aromatic heterocycles. The van der Waals surface area contributed by atoms with Crippen molar-refractivity contribution in [1.82, 2.24) is 10.2 Å². The first-order valence-electron chi connectivity index (χ1n) is 4.79. The number of amides is 1. The highest BCUT2D eigenvalue weighted by Gasteiger charge is 2.25. The topological polar surface area (TPSA) is 58.4 Å². The molecule has 0 aromatic carbocycles. The third-order valence-corrected chi connectivity index (χ3v) is 2.25. The van der Waals surface area contributed by atoms with E-state index in [4.69, 9.17) is 5.73 Å². The van der Waals surface area contributed by atoms with Crippen LogP contribution in [0.2, 0.25) is 0 Å². The van der Waals surface area contributed by atoms with Gasteiger partial charge in [-0.15, -0.1) is 0 Å². The van der Waals surface area contributed by atoms with Crippen LogP contribution in [0.5, 0.6) is 0 Å². The lowest BCUT2D eigenvalue weighted by Crippen LogP contribution is -2.41. The number of carbonyl (C=O) groups is 1. The smallest absolute Gasteiger partial charge is 0.223 e. The van der Waals surface area contributed by atoms with Gasteiger partial charge in [-0.3, -0.25) is 4.79 Å². The minimum absolute atomic E-state index is 0.142. The van der Waals surface area contributed by atoms with Gasteiger partial charge in [-0.25, -0.2) is 0 Å². The average Bonchev–Trinajstić information content (AvgIpc) is 2.86. The Labute approximate surface area is 79.5 Å². The van der Waals surface area contributed by atoms with Gasteiger partial charge in [0.2, 0.25) is 5.91 Å². The van der Waals surface area contributed by atoms with Gasteiger partial charge in [-0.1, -0.05) is 0 Å². The van der Waals surface area contributed by atoms with E-state index in [2.05, 4.69) is 5.32 Å². The maximum atomic E-state index is 11.3. The minimum atomic E-state index is 0.142. The first kappa shape index (κ1) is 10.5. The molecule has 1 fully saturated rings. The van der Waals surface area contributed by atoms with Gasteiger partial charge in [0, 0.05) is 39.1 Å². The van der Waals surface area contributed by atoms with Gasteiger partial charge in [0.05, 0.1) is 0 Å². The summed E-state index contributed by atoms with van der Waals surface area (Å²) in [4.78, 5) is 13.0. The molecule has 0 spiro atoms. The van der Waals surface area contributed by atoms with Crippen molar-refractivity contribution in [2.24, 2.45) is 5.73 Å². The molecule has 1 amide bonds. The minimum Gasteiger partial charge on any atom is -0.349 e. The summed E-state index contributed by atoms with van der Waals surface area (Å²) in [5.74, 6) is 0.142. The van der Waals surface area contributed by atoms with E-state index in [-0.39, 0.29) is 11.9 Å². The van der Waals surface area contributed by atoms with Crippen molar-refractivity contribution in [3.8, 4) is 0 Å². The second-order valence-corrected chi connectivity index (χ2v) is 3.87. The van der Waals surface area contributed by atoms with Gasteiger partial charge < -0.3 is 16.0 Å². The zero-order valence-electron chi connectivity index (χ0n) is 8.42. The van der Waals surface area contributed by atoms with Crippen LogP contribution in [0.15, 0.2) is 0 Å². The van der Waals surface area contributed by atoms with Crippen molar-refractivity contribution in [3.63, 3.8) is 0 Å². The molecule has 0 aromatic rings. The molecule has 13 heavy (non-hydrogen) atoms. The number of hydrogen-bond donors (Lipinski definition) is 2. The average molecular weight is 185 g/mol. The number of rotatable bonds is 5. The summed E-state index contributed by atoms with van der Waals surface area (Å²) in [6.07, 6.45) is 2.97. The molecule has 0 saturated heterocycles. The van der Waals surface area contributed by atoms with E-state index in [0.717, 1.165) is 0 Å². The largest absolute Gasteiger partial charge is 0.349 e. The fraction of sp³-hybridized carbons (Fsp3) is 0.889. The van der Waals surface area contributed by atoms with E-state index in [1.165, 1.54) is 12.8 Å². The first-order valence-corrected chi connectivity index (χ1v) is 4.79. The third-order valence-electron chi connectivity index (χ3n) is 2.25. The lowest BCUT2D eigenvalue weighted by Gasteiger charge is -2.18. The number of nitrogens with zero attached hydrogens (tertiary/aromatic N) is 1. The summed E-state index contributed by atoms with van der Waals surface area (Å²) in [5, 5.41) is 3.35. The molecule has 1 atom stereocenters. The van der Waals surface area contributed by atoms with Crippen LogP contribution >= 0.6 is 0 Å². The molecule has 0 aliphatic heterocycles. The number of nitrogens with two attached hydrogens (primary N) is 1. The fourth-order valence-corrected chi connectivity index (χ4v) is 1.19. The molecule has 3 N–H and O–H groups in total. The highest BCUT2D eigenvalue weighted by atomic mass is 16.2. The van der Waals surface area contributed by atoms with Crippen molar-refractivity contribution in [1.29, 1.82) is 0 Å². The number of carbonyl (C=O) groups excluding carboxylic acids is 1. The Bertz CT molecular complexity index is 178. The molecule has 1 unspecified atom stereocenters. The van der Waals surface area contributed by atoms with Crippen LogP contribution in [0.25, 0.3) is 0 Å². The molecule has 1 rings (SSSR count). The molecule has 76 valence electrons. The molecule has 1 aliphatic rings. The maximum Gasteiger partial charge on any atom is 0.223 e. The van der Waals surface area contributed by atoms with E-state index < -0.39 is 0 Å². The van der Waals surface area contributed by atoms with Crippen molar-refractivity contribution < 1.29 is 4.79 Å². The molecule has 1 saturated carbocycles. The Kier molecular flexibility index (Phi) is 3.69. The van der Waals surface area contributed by atoms with Crippen LogP contribution < -0.4 is 11.1 Å². The van der Waals surface area contributed by atoms with Crippen LogP contribution in [0.4, 0.5) is 0 Å². The highest BCUT2D eigenvalue weighted by molar-refractivity contribution is 5.76. The summed E-state index contributed by atoms with van der Waals surface area (Å²) in [6, 6.07) is 0.769. The monoisotopic (exact) mass is 185 g/mol. The van der Waals surface area contributed by atoms with Crippen LogP contribution in [-0.4, -0.2) is 43.5 Å². The predicted molar refractivity (Wildman–Crippen MR) is 52.3 cm³/mol. The zero-order chi connectivity index (χ0) is 9.84. The lowest BCUT2D eigenvalue weighted by atomic mass is 10.2. The van der Waals surface area contributed by atoms with Gasteiger partial charge in [0.15, 0.2) is 0 Å². The van der Waals surface area contributed by atoms with Crippen molar-refractivity contribution in [2.75, 3.05) is 20.6 Å². The molecular weight excluding hydrogens is 166 g/mol. The van der Waals surface area contributed by atoms with Gasteiger partial charge in [0.1, 0.15) is 0 Å². The van der Waals surface area contributed by atoms with Crippen molar-refractivity contribution in [3.05, 3.63) is 0 Å². The predicted octanol–water partition coefficient (Wildman–Crippen LogP) is -0.456. The van der Waals surface area contributed by atoms with Crippen LogP contribution in [0, 0.1) is 0 Å². The van der Waals surface area contributed by atoms with Gasteiger partial charge in [0.25, 0.3) is 0 Å². The van der Waals surface area contributed by atoms with E-state index in [0.29, 0.717) is 19.0 Å². The van der Waals surface area contributed by atoms with E-state index >= 15 is 0 Å². The maximum absolute atomic E-state index is 11.3. The Hall–Kier alpha value is -0.610. The normalized spacial score (nSPS) is 18.4. The van der Waals surface area contributed by atoms with Crippen LogP contribution in [0.3, 0.4) is 0 Å². The Morgan fingerprint density at radius 1 is 1.62 bits per heavy atom. The molecule has 4 nitrogen and oxygen atoms in total. The highest BCUT2D eigenvalue weighted by Crippen LogP contribution is 2.19. The molecule has 0 radical (unpaired) electrons. The Morgan fingerprint density at radius 3 is 2.62 bits per heavy atom. The second kappa shape index (κ2) is 4.58. The molecule has 0 heterocycles. The van der Waals surface area contributed by atoms with Crippen LogP contribution in [-0.2, 0) is 4.79 Å². The quantitative estimate of drug-likeness (QED) is 0.609. The summed E-state index contributed by atoms with van der Waals surface area (Å²) in [7, 11) is 3.54. The van der Waals surface area contributed by atoms with Gasteiger partial charge >= 0.3 is 0 Å². The SMILES string of the molecule is CN(C)C(=O)CC(CN)NC1CC1. The second-order valence-electron chi connectivity index (χ2n) is 3.87. The fourth-order valence-electron chi connectivity index (χ4n) is 1.19. The zero-order valence-corrected chi connectivity index (χ0v) is 8.42. The summed E-state index contributed by atoms with van der Waals surface area (Å²) < 4.78 is 0. The van der Waals surface area contributed by atoms with Crippen LogP contribution in [0.1, 0.15) is 19.3 Å². The van der Waals surface area contributed by atoms with Crippen molar-refractivity contribution >= 4 is 5.91 Å².